The van der Waals surface area contributed by atoms with E-state index in [1.54, 1.807) is 23.2 Å². The number of rotatable bonds is 1. The zero-order valence-corrected chi connectivity index (χ0v) is 16.5. The van der Waals surface area contributed by atoms with Gasteiger partial charge in [-0.25, -0.2) is 9.37 Å². The van der Waals surface area contributed by atoms with Crippen molar-refractivity contribution in [3.05, 3.63) is 51.6 Å². The minimum atomic E-state index is -1.24. The van der Waals surface area contributed by atoms with Gasteiger partial charge in [0.1, 0.15) is 16.4 Å². The summed E-state index contributed by atoms with van der Waals surface area (Å²) in [6.45, 7) is 2.29. The highest BCUT2D eigenvalue weighted by Crippen LogP contribution is 2.41. The lowest BCUT2D eigenvalue weighted by Gasteiger charge is -2.37. The lowest BCUT2D eigenvalue weighted by atomic mass is 9.93. The molecule has 0 saturated carbocycles. The standard InChI is InChI=1S/C21H18FN3O3S/c1-11(26)25-8-2-6-21(28,10-25)20-24-17-13-4-3-12(22)9-15(13)16-14(18(17)29-20)5-7-23-19(16)27/h3-5,7,9,28H,2,6,8,10H2,1H3,(H,23,27). The Hall–Kier alpha value is -2.84. The third kappa shape index (κ3) is 2.74. The van der Waals surface area contributed by atoms with Crippen LogP contribution in [0.2, 0.25) is 0 Å². The Morgan fingerprint density at radius 3 is 2.93 bits per heavy atom. The van der Waals surface area contributed by atoms with Crippen molar-refractivity contribution in [3.8, 4) is 0 Å². The van der Waals surface area contributed by atoms with E-state index in [0.29, 0.717) is 51.5 Å². The van der Waals surface area contributed by atoms with Crippen LogP contribution in [0.15, 0.2) is 35.3 Å². The largest absolute Gasteiger partial charge is 0.381 e. The third-order valence-corrected chi connectivity index (χ3v) is 6.93. The van der Waals surface area contributed by atoms with Crippen LogP contribution in [-0.2, 0) is 10.4 Å². The summed E-state index contributed by atoms with van der Waals surface area (Å²) in [5, 5.41) is 14.1. The molecular formula is C21H18FN3O3S. The zero-order chi connectivity index (χ0) is 20.3. The van der Waals surface area contributed by atoms with Gasteiger partial charge in [-0.1, -0.05) is 0 Å². The van der Waals surface area contributed by atoms with Crippen LogP contribution in [0.3, 0.4) is 0 Å². The van der Waals surface area contributed by atoms with Crippen molar-refractivity contribution in [2.24, 2.45) is 0 Å². The summed E-state index contributed by atoms with van der Waals surface area (Å²) in [4.78, 5) is 33.4. The highest BCUT2D eigenvalue weighted by atomic mass is 32.1. The van der Waals surface area contributed by atoms with E-state index in [-0.39, 0.29) is 18.0 Å². The van der Waals surface area contributed by atoms with Crippen molar-refractivity contribution in [2.75, 3.05) is 13.1 Å². The molecule has 3 heterocycles. The number of nitrogens with one attached hydrogen (secondary N) is 1. The van der Waals surface area contributed by atoms with Gasteiger partial charge in [-0.3, -0.25) is 9.59 Å². The number of benzene rings is 2. The molecule has 1 saturated heterocycles. The highest BCUT2D eigenvalue weighted by Gasteiger charge is 2.39. The summed E-state index contributed by atoms with van der Waals surface area (Å²) in [6.07, 6.45) is 2.74. The fourth-order valence-corrected chi connectivity index (χ4v) is 5.45. The monoisotopic (exact) mass is 411 g/mol. The van der Waals surface area contributed by atoms with E-state index < -0.39 is 11.4 Å². The molecule has 2 aromatic carbocycles. The van der Waals surface area contributed by atoms with Crippen molar-refractivity contribution < 1.29 is 14.3 Å². The van der Waals surface area contributed by atoms with Crippen LogP contribution in [0, 0.1) is 5.82 Å². The second-order valence-corrected chi connectivity index (χ2v) is 8.56. The van der Waals surface area contributed by atoms with Gasteiger partial charge in [-0.05, 0) is 37.1 Å². The molecule has 1 amide bonds. The first-order valence-electron chi connectivity index (χ1n) is 9.39. The first kappa shape index (κ1) is 18.2. The van der Waals surface area contributed by atoms with Gasteiger partial charge >= 0.3 is 0 Å². The number of thiazole rings is 1. The van der Waals surface area contributed by atoms with Gasteiger partial charge in [-0.15, -0.1) is 11.3 Å². The van der Waals surface area contributed by atoms with Crippen molar-refractivity contribution in [1.82, 2.24) is 14.9 Å². The van der Waals surface area contributed by atoms with Gasteiger partial charge < -0.3 is 15.0 Å². The van der Waals surface area contributed by atoms with E-state index in [1.165, 1.54) is 30.4 Å². The van der Waals surface area contributed by atoms with Gasteiger partial charge in [-0.2, -0.15) is 0 Å². The molecule has 5 rings (SSSR count). The molecule has 2 aromatic heterocycles. The molecular weight excluding hydrogens is 393 g/mol. The molecule has 1 aliphatic rings. The minimum Gasteiger partial charge on any atom is -0.381 e. The number of aromatic amines is 1. The fourth-order valence-electron chi connectivity index (χ4n) is 4.23. The second kappa shape index (κ2) is 6.33. The summed E-state index contributed by atoms with van der Waals surface area (Å²) in [5.41, 5.74) is -0.909. The summed E-state index contributed by atoms with van der Waals surface area (Å²) >= 11 is 1.33. The first-order chi connectivity index (χ1) is 13.9. The Balaban J connectivity index is 1.83. The van der Waals surface area contributed by atoms with Crippen LogP contribution in [0.1, 0.15) is 24.8 Å². The SMILES string of the molecule is CC(=O)N1CCCC(O)(c2nc3c4ccc(F)cc4c4c(=O)[nH]ccc4c3s2)C1. The van der Waals surface area contributed by atoms with Crippen LogP contribution < -0.4 is 5.56 Å². The molecule has 1 unspecified atom stereocenters. The number of likely N-dealkylation sites (tertiary alicyclic amines) is 1. The molecule has 1 aliphatic heterocycles. The van der Waals surface area contributed by atoms with Crippen molar-refractivity contribution in [1.29, 1.82) is 0 Å². The molecule has 6 nitrogen and oxygen atoms in total. The Kier molecular flexibility index (Phi) is 3.97. The van der Waals surface area contributed by atoms with Gasteiger partial charge in [0, 0.05) is 35.8 Å². The lowest BCUT2D eigenvalue weighted by molar-refractivity contribution is -0.136. The number of fused-ring (bicyclic) bond motifs is 6. The predicted octanol–water partition coefficient (Wildman–Crippen LogP) is 3.26. The van der Waals surface area contributed by atoms with Crippen LogP contribution in [0.5, 0.6) is 0 Å². The number of aromatic nitrogens is 2. The van der Waals surface area contributed by atoms with Crippen LogP contribution in [-0.4, -0.2) is 39.0 Å². The van der Waals surface area contributed by atoms with E-state index in [0.717, 1.165) is 4.70 Å². The van der Waals surface area contributed by atoms with E-state index in [4.69, 9.17) is 4.98 Å². The average Bonchev–Trinajstić information content (AvgIpc) is 3.14. The number of carbonyl (C=O) groups is 1. The number of nitrogens with zero attached hydrogens (tertiary/aromatic N) is 2. The maximum Gasteiger partial charge on any atom is 0.256 e. The fraction of sp³-hybridized carbons (Fsp3) is 0.286. The average molecular weight is 411 g/mol. The number of amides is 1. The van der Waals surface area contributed by atoms with E-state index in [9.17, 15) is 19.1 Å². The predicted molar refractivity (Wildman–Crippen MR) is 111 cm³/mol. The molecule has 148 valence electrons. The molecule has 1 atom stereocenters. The number of halogens is 1. The Bertz CT molecular complexity index is 1360. The van der Waals surface area contributed by atoms with Crippen LogP contribution >= 0.6 is 11.3 Å². The summed E-state index contributed by atoms with van der Waals surface area (Å²) < 4.78 is 14.7. The number of H-pyrrole nitrogens is 1. The van der Waals surface area contributed by atoms with Gasteiger partial charge in [0.2, 0.25) is 5.91 Å². The number of hydrogen-bond acceptors (Lipinski definition) is 5. The maximum absolute atomic E-state index is 14.0. The molecule has 0 spiro atoms. The van der Waals surface area contributed by atoms with Crippen LogP contribution in [0.4, 0.5) is 4.39 Å². The highest BCUT2D eigenvalue weighted by molar-refractivity contribution is 7.20. The Morgan fingerprint density at radius 2 is 2.14 bits per heavy atom. The smallest absolute Gasteiger partial charge is 0.256 e. The van der Waals surface area contributed by atoms with Crippen molar-refractivity contribution in [3.63, 3.8) is 0 Å². The summed E-state index contributed by atoms with van der Waals surface area (Å²) in [7, 11) is 0. The van der Waals surface area contributed by atoms with E-state index >= 15 is 0 Å². The number of hydrogen-bond donors (Lipinski definition) is 2. The topological polar surface area (TPSA) is 86.3 Å². The number of β-amino-alcohol motifs (C(OH)–C–C–N with tert-alkyl or cyclic N) is 1. The number of pyridine rings is 1. The third-order valence-electron chi connectivity index (χ3n) is 5.65. The molecule has 1 fully saturated rings. The Labute approximate surface area is 168 Å². The maximum atomic E-state index is 14.0. The molecule has 4 aromatic rings. The molecule has 0 aliphatic carbocycles. The van der Waals surface area contributed by atoms with Gasteiger partial charge in [0.15, 0.2) is 0 Å². The summed E-state index contributed by atoms with van der Waals surface area (Å²) in [6, 6.07) is 6.09. The first-order valence-corrected chi connectivity index (χ1v) is 10.2. The van der Waals surface area contributed by atoms with Crippen LogP contribution in [0.25, 0.3) is 31.8 Å². The number of aliphatic hydroxyl groups is 1. The van der Waals surface area contributed by atoms with Gasteiger partial charge in [0.05, 0.1) is 22.1 Å². The Morgan fingerprint density at radius 1 is 1.31 bits per heavy atom. The van der Waals surface area contributed by atoms with Gasteiger partial charge in [0.25, 0.3) is 5.56 Å². The number of piperidine rings is 1. The second-order valence-electron chi connectivity index (χ2n) is 7.56. The normalized spacial score (nSPS) is 20.0. The van der Waals surface area contributed by atoms with E-state index in [2.05, 4.69) is 4.98 Å². The molecule has 29 heavy (non-hydrogen) atoms. The summed E-state index contributed by atoms with van der Waals surface area (Å²) in [5.74, 6) is -0.512. The van der Waals surface area contributed by atoms with Crippen molar-refractivity contribution >= 4 is 49.0 Å². The van der Waals surface area contributed by atoms with E-state index in [1.807, 2.05) is 0 Å². The molecule has 0 radical (unpaired) electrons. The lowest BCUT2D eigenvalue weighted by Crippen LogP contribution is -2.47. The quantitative estimate of drug-likeness (QED) is 0.471. The number of carbonyl (C=O) groups excluding carboxylic acids is 1. The van der Waals surface area contributed by atoms with Crippen molar-refractivity contribution in [2.45, 2.75) is 25.4 Å². The molecule has 0 bridgehead atoms. The zero-order valence-electron chi connectivity index (χ0n) is 15.7. The molecule has 8 heteroatoms. The minimum absolute atomic E-state index is 0.0813. The molecule has 2 N–H and O–H groups in total.